The molecule has 21 heavy (non-hydrogen) atoms. The van der Waals surface area contributed by atoms with E-state index in [0.717, 1.165) is 12.4 Å². The van der Waals surface area contributed by atoms with E-state index >= 15 is 0 Å². The number of rotatable bonds is 2. The van der Waals surface area contributed by atoms with Crippen molar-refractivity contribution in [2.75, 3.05) is 5.32 Å². The van der Waals surface area contributed by atoms with Crippen molar-refractivity contribution >= 4 is 5.95 Å². The van der Waals surface area contributed by atoms with E-state index in [9.17, 15) is 0 Å². The third kappa shape index (κ3) is 2.16. The molecule has 1 aromatic heterocycles. The highest BCUT2D eigenvalue weighted by Gasteiger charge is 2.30. The molecule has 0 bridgehead atoms. The number of aromatic nitrogens is 4. The van der Waals surface area contributed by atoms with Crippen molar-refractivity contribution in [2.24, 2.45) is 0 Å². The summed E-state index contributed by atoms with van der Waals surface area (Å²) in [6, 6.07) is 21.2. The lowest BCUT2D eigenvalue weighted by molar-refractivity contribution is 0.424. The largest absolute Gasteiger partial charge is 0.346 e. The molecule has 3 aromatic rings. The number of tetrazole rings is 1. The number of hydrogen-bond donors (Lipinski definition) is 1. The van der Waals surface area contributed by atoms with Gasteiger partial charge in [-0.2, -0.15) is 0 Å². The monoisotopic (exact) mass is 277 g/mol. The Morgan fingerprint density at radius 3 is 2.29 bits per heavy atom. The molecule has 0 saturated heterocycles. The summed E-state index contributed by atoms with van der Waals surface area (Å²) in [6.07, 6.45) is 0.923. The van der Waals surface area contributed by atoms with Gasteiger partial charge in [0, 0.05) is 0 Å². The number of nitrogens with zero attached hydrogens (tertiary/aromatic N) is 4. The SMILES string of the molecule is c1ccc([C@H]2C[C@@H](c3ccccc3)n3nnnc3N2)cc1. The Morgan fingerprint density at radius 2 is 1.57 bits per heavy atom. The van der Waals surface area contributed by atoms with Crippen LogP contribution in [-0.2, 0) is 0 Å². The Hall–Kier alpha value is -2.69. The number of anilines is 1. The molecule has 104 valence electrons. The van der Waals surface area contributed by atoms with Gasteiger partial charge in [0.2, 0.25) is 5.95 Å². The second-order valence-corrected chi connectivity index (χ2v) is 5.22. The minimum atomic E-state index is 0.155. The molecule has 0 amide bonds. The van der Waals surface area contributed by atoms with Crippen LogP contribution in [0.5, 0.6) is 0 Å². The Bertz CT molecular complexity index is 723. The van der Waals surface area contributed by atoms with Crippen LogP contribution in [0, 0.1) is 0 Å². The quantitative estimate of drug-likeness (QED) is 0.782. The average Bonchev–Trinajstić information content (AvgIpc) is 3.04. The Kier molecular flexibility index (Phi) is 2.88. The highest BCUT2D eigenvalue weighted by molar-refractivity contribution is 5.37. The summed E-state index contributed by atoms with van der Waals surface area (Å²) in [5.74, 6) is 0.726. The van der Waals surface area contributed by atoms with Crippen LogP contribution in [0.3, 0.4) is 0 Å². The van der Waals surface area contributed by atoms with E-state index in [0.29, 0.717) is 0 Å². The van der Waals surface area contributed by atoms with Crippen LogP contribution < -0.4 is 5.32 Å². The lowest BCUT2D eigenvalue weighted by Crippen LogP contribution is -2.28. The molecule has 0 spiro atoms. The number of nitrogens with one attached hydrogen (secondary N) is 1. The number of hydrogen-bond acceptors (Lipinski definition) is 4. The van der Waals surface area contributed by atoms with Gasteiger partial charge in [0.25, 0.3) is 0 Å². The molecule has 5 nitrogen and oxygen atoms in total. The fourth-order valence-electron chi connectivity index (χ4n) is 2.89. The van der Waals surface area contributed by atoms with E-state index < -0.39 is 0 Å². The molecule has 5 heteroatoms. The van der Waals surface area contributed by atoms with Gasteiger partial charge in [0.05, 0.1) is 12.1 Å². The van der Waals surface area contributed by atoms with Crippen LogP contribution in [0.15, 0.2) is 60.7 Å². The predicted molar refractivity (Wildman–Crippen MR) is 79.8 cm³/mol. The maximum atomic E-state index is 4.14. The predicted octanol–water partition coefficient (Wildman–Crippen LogP) is 2.82. The summed E-state index contributed by atoms with van der Waals surface area (Å²) in [5, 5.41) is 15.5. The van der Waals surface area contributed by atoms with Gasteiger partial charge in [-0.3, -0.25) is 0 Å². The zero-order chi connectivity index (χ0) is 14.1. The minimum Gasteiger partial charge on any atom is -0.346 e. The standard InChI is InChI=1S/C16H15N5/c1-3-7-12(8-4-1)14-11-15(13-9-5-2-6-10-13)21-16(17-14)18-19-20-21/h1-10,14-15H,11H2,(H,17,18,20)/t14-,15+/m1/s1. The molecule has 1 aliphatic heterocycles. The van der Waals surface area contributed by atoms with E-state index in [4.69, 9.17) is 0 Å². The smallest absolute Gasteiger partial charge is 0.243 e. The van der Waals surface area contributed by atoms with Crippen LogP contribution >= 0.6 is 0 Å². The van der Waals surface area contributed by atoms with Crippen molar-refractivity contribution in [3.8, 4) is 0 Å². The molecule has 2 heterocycles. The lowest BCUT2D eigenvalue weighted by Gasteiger charge is -2.31. The van der Waals surface area contributed by atoms with Gasteiger partial charge >= 0.3 is 0 Å². The third-order valence-electron chi connectivity index (χ3n) is 3.94. The van der Waals surface area contributed by atoms with Crippen LogP contribution in [0.25, 0.3) is 0 Å². The van der Waals surface area contributed by atoms with Crippen molar-refractivity contribution in [1.29, 1.82) is 0 Å². The van der Waals surface area contributed by atoms with E-state index in [1.807, 2.05) is 16.8 Å². The van der Waals surface area contributed by atoms with Crippen molar-refractivity contribution < 1.29 is 0 Å². The third-order valence-corrected chi connectivity index (χ3v) is 3.94. The van der Waals surface area contributed by atoms with Gasteiger partial charge in [-0.15, -0.1) is 0 Å². The van der Waals surface area contributed by atoms with Gasteiger partial charge in [-0.1, -0.05) is 65.8 Å². The summed E-state index contributed by atoms with van der Waals surface area (Å²) in [5.41, 5.74) is 2.49. The number of fused-ring (bicyclic) bond motifs is 1. The molecular formula is C16H15N5. The minimum absolute atomic E-state index is 0.155. The van der Waals surface area contributed by atoms with Crippen LogP contribution in [0.1, 0.15) is 29.6 Å². The second-order valence-electron chi connectivity index (χ2n) is 5.22. The number of benzene rings is 2. The Balaban J connectivity index is 1.74. The molecule has 0 fully saturated rings. The first-order valence-electron chi connectivity index (χ1n) is 7.06. The maximum absolute atomic E-state index is 4.14. The topological polar surface area (TPSA) is 55.6 Å². The fraction of sp³-hybridized carbons (Fsp3) is 0.188. The summed E-state index contributed by atoms with van der Waals surface area (Å²) < 4.78 is 1.87. The van der Waals surface area contributed by atoms with Gasteiger partial charge in [0.15, 0.2) is 0 Å². The van der Waals surface area contributed by atoms with Crippen molar-refractivity contribution in [3.63, 3.8) is 0 Å². The van der Waals surface area contributed by atoms with E-state index in [1.54, 1.807) is 0 Å². The molecule has 4 rings (SSSR count). The Morgan fingerprint density at radius 1 is 0.905 bits per heavy atom. The molecule has 0 saturated carbocycles. The highest BCUT2D eigenvalue weighted by atomic mass is 15.6. The average molecular weight is 277 g/mol. The fourth-order valence-corrected chi connectivity index (χ4v) is 2.89. The summed E-state index contributed by atoms with van der Waals surface area (Å²) >= 11 is 0. The molecule has 0 aliphatic carbocycles. The van der Waals surface area contributed by atoms with E-state index in [2.05, 4.69) is 69.4 Å². The first kappa shape index (κ1) is 12.1. The summed E-state index contributed by atoms with van der Waals surface area (Å²) in [4.78, 5) is 0. The van der Waals surface area contributed by atoms with Gasteiger partial charge < -0.3 is 5.32 Å². The summed E-state index contributed by atoms with van der Waals surface area (Å²) in [7, 11) is 0. The molecular weight excluding hydrogens is 262 g/mol. The maximum Gasteiger partial charge on any atom is 0.243 e. The first-order valence-corrected chi connectivity index (χ1v) is 7.06. The molecule has 2 aromatic carbocycles. The molecule has 0 unspecified atom stereocenters. The molecule has 1 aliphatic rings. The van der Waals surface area contributed by atoms with Gasteiger partial charge in [0.1, 0.15) is 0 Å². The van der Waals surface area contributed by atoms with Crippen molar-refractivity contribution in [3.05, 3.63) is 71.8 Å². The Labute approximate surface area is 122 Å². The van der Waals surface area contributed by atoms with Crippen LogP contribution in [0.4, 0.5) is 5.95 Å². The van der Waals surface area contributed by atoms with Crippen molar-refractivity contribution in [1.82, 2.24) is 20.2 Å². The van der Waals surface area contributed by atoms with E-state index in [-0.39, 0.29) is 12.1 Å². The first-order chi connectivity index (χ1) is 10.4. The zero-order valence-electron chi connectivity index (χ0n) is 11.4. The normalized spacial score (nSPS) is 20.6. The zero-order valence-corrected chi connectivity index (χ0v) is 11.4. The van der Waals surface area contributed by atoms with Crippen LogP contribution in [0.2, 0.25) is 0 Å². The molecule has 1 N–H and O–H groups in total. The van der Waals surface area contributed by atoms with Gasteiger partial charge in [-0.05, 0) is 28.0 Å². The van der Waals surface area contributed by atoms with Gasteiger partial charge in [-0.25, -0.2) is 4.68 Å². The molecule has 2 atom stereocenters. The van der Waals surface area contributed by atoms with E-state index in [1.165, 1.54) is 11.1 Å². The summed E-state index contributed by atoms with van der Waals surface area (Å²) in [6.45, 7) is 0. The highest BCUT2D eigenvalue weighted by Crippen LogP contribution is 2.36. The van der Waals surface area contributed by atoms with Crippen LogP contribution in [-0.4, -0.2) is 20.2 Å². The molecule has 0 radical (unpaired) electrons. The lowest BCUT2D eigenvalue weighted by atomic mass is 9.93. The van der Waals surface area contributed by atoms with Crippen molar-refractivity contribution in [2.45, 2.75) is 18.5 Å². The second kappa shape index (κ2) is 5.01.